The van der Waals surface area contributed by atoms with Gasteiger partial charge in [0.25, 0.3) is 0 Å². The van der Waals surface area contributed by atoms with Crippen molar-refractivity contribution in [2.75, 3.05) is 17.1 Å². The summed E-state index contributed by atoms with van der Waals surface area (Å²) in [6, 6.07) is 18.8. The standard InChI is InChI=1S/C32H38Cl3N3O4S/c1-5-23(3)36-32(40)30(19-24-10-7-6-8-11-24)37(21-25-14-16-27(34)28(35)18-25)31(39)12-9-17-38(43(4,41)42)29-20-26(33)15-13-22(29)2/h6-8,10-11,13-16,18,20,23,30H,5,9,12,17,19,21H2,1-4H3,(H,36,40)/t23-,30-/m1/s1. The molecule has 0 aliphatic carbocycles. The Morgan fingerprint density at radius 3 is 2.26 bits per heavy atom. The maximum Gasteiger partial charge on any atom is 0.243 e. The van der Waals surface area contributed by atoms with E-state index in [1.807, 2.05) is 44.2 Å². The average Bonchev–Trinajstić information content (AvgIpc) is 2.96. The predicted octanol–water partition coefficient (Wildman–Crippen LogP) is 7.06. The summed E-state index contributed by atoms with van der Waals surface area (Å²) in [5.74, 6) is -0.554. The average molecular weight is 667 g/mol. The third-order valence-electron chi connectivity index (χ3n) is 7.20. The normalized spacial score (nSPS) is 12.8. The molecule has 0 spiro atoms. The molecule has 43 heavy (non-hydrogen) atoms. The van der Waals surface area contributed by atoms with E-state index in [0.29, 0.717) is 32.7 Å². The Bertz CT molecular complexity index is 1520. The number of anilines is 1. The van der Waals surface area contributed by atoms with Crippen molar-refractivity contribution < 1.29 is 18.0 Å². The van der Waals surface area contributed by atoms with Crippen LogP contribution in [0.4, 0.5) is 5.69 Å². The molecule has 2 amide bonds. The molecule has 2 atom stereocenters. The van der Waals surface area contributed by atoms with Crippen molar-refractivity contribution in [3.63, 3.8) is 0 Å². The van der Waals surface area contributed by atoms with Crippen LogP contribution < -0.4 is 9.62 Å². The number of carbonyl (C=O) groups excluding carboxylic acids is 2. The number of benzene rings is 3. The molecule has 0 bridgehead atoms. The molecule has 11 heteroatoms. The van der Waals surface area contributed by atoms with E-state index >= 15 is 0 Å². The predicted molar refractivity (Wildman–Crippen MR) is 176 cm³/mol. The molecule has 3 aromatic rings. The number of sulfonamides is 1. The molecule has 0 unspecified atom stereocenters. The second-order valence-electron chi connectivity index (χ2n) is 10.7. The molecule has 3 aromatic carbocycles. The first-order chi connectivity index (χ1) is 20.3. The van der Waals surface area contributed by atoms with Gasteiger partial charge in [-0.3, -0.25) is 13.9 Å². The fourth-order valence-electron chi connectivity index (χ4n) is 4.66. The van der Waals surface area contributed by atoms with Crippen LogP contribution in [0.15, 0.2) is 66.7 Å². The summed E-state index contributed by atoms with van der Waals surface area (Å²) in [4.78, 5) is 29.2. The van der Waals surface area contributed by atoms with Crippen LogP contribution in [0.3, 0.4) is 0 Å². The summed E-state index contributed by atoms with van der Waals surface area (Å²) >= 11 is 18.6. The lowest BCUT2D eigenvalue weighted by molar-refractivity contribution is -0.141. The third kappa shape index (κ3) is 10.1. The van der Waals surface area contributed by atoms with E-state index in [1.54, 1.807) is 48.2 Å². The van der Waals surface area contributed by atoms with E-state index in [4.69, 9.17) is 34.8 Å². The highest BCUT2D eigenvalue weighted by molar-refractivity contribution is 7.92. The van der Waals surface area contributed by atoms with Crippen molar-refractivity contribution in [2.45, 2.75) is 65.1 Å². The highest BCUT2D eigenvalue weighted by Gasteiger charge is 2.31. The van der Waals surface area contributed by atoms with Gasteiger partial charge in [-0.05, 0) is 67.6 Å². The molecule has 0 fully saturated rings. The zero-order chi connectivity index (χ0) is 31.7. The van der Waals surface area contributed by atoms with Crippen molar-refractivity contribution in [3.05, 3.63) is 98.5 Å². The van der Waals surface area contributed by atoms with E-state index in [9.17, 15) is 18.0 Å². The van der Waals surface area contributed by atoms with Crippen LogP contribution in [0, 0.1) is 6.92 Å². The Labute approximate surface area is 270 Å². The van der Waals surface area contributed by atoms with Gasteiger partial charge in [0.2, 0.25) is 21.8 Å². The number of aryl methyl sites for hydroxylation is 1. The van der Waals surface area contributed by atoms with Gasteiger partial charge in [-0.15, -0.1) is 0 Å². The number of nitrogens with one attached hydrogen (secondary N) is 1. The van der Waals surface area contributed by atoms with E-state index in [1.165, 1.54) is 4.31 Å². The quantitative estimate of drug-likeness (QED) is 0.200. The zero-order valence-electron chi connectivity index (χ0n) is 24.8. The first-order valence-corrected chi connectivity index (χ1v) is 17.1. The van der Waals surface area contributed by atoms with Crippen molar-refractivity contribution in [2.24, 2.45) is 0 Å². The van der Waals surface area contributed by atoms with Gasteiger partial charge in [0.15, 0.2) is 0 Å². The van der Waals surface area contributed by atoms with Crippen LogP contribution in [-0.2, 0) is 32.6 Å². The summed E-state index contributed by atoms with van der Waals surface area (Å²) in [6.07, 6.45) is 2.39. The fraction of sp³-hybridized carbons (Fsp3) is 0.375. The molecule has 0 radical (unpaired) electrons. The Kier molecular flexibility index (Phi) is 12.8. The third-order valence-corrected chi connectivity index (χ3v) is 9.36. The number of hydrogen-bond acceptors (Lipinski definition) is 4. The molecule has 0 aliphatic rings. The topological polar surface area (TPSA) is 86.8 Å². The molecule has 0 aliphatic heterocycles. The Balaban J connectivity index is 1.93. The Hall–Kier alpha value is -2.78. The van der Waals surface area contributed by atoms with Crippen LogP contribution in [0.5, 0.6) is 0 Å². The maximum absolute atomic E-state index is 14.0. The van der Waals surface area contributed by atoms with Crippen LogP contribution in [0.25, 0.3) is 0 Å². The van der Waals surface area contributed by atoms with E-state index in [0.717, 1.165) is 23.8 Å². The van der Waals surface area contributed by atoms with Gasteiger partial charge >= 0.3 is 0 Å². The lowest BCUT2D eigenvalue weighted by Crippen LogP contribution is -2.52. The van der Waals surface area contributed by atoms with Crippen molar-refractivity contribution in [1.29, 1.82) is 0 Å². The van der Waals surface area contributed by atoms with Crippen LogP contribution in [0.2, 0.25) is 15.1 Å². The minimum absolute atomic E-state index is 0.00879. The van der Waals surface area contributed by atoms with Gasteiger partial charge in [0.05, 0.1) is 22.0 Å². The number of hydrogen-bond donors (Lipinski definition) is 1. The highest BCUT2D eigenvalue weighted by atomic mass is 35.5. The van der Waals surface area contributed by atoms with Gasteiger partial charge in [-0.25, -0.2) is 8.42 Å². The van der Waals surface area contributed by atoms with Gasteiger partial charge < -0.3 is 10.2 Å². The first-order valence-electron chi connectivity index (χ1n) is 14.1. The van der Waals surface area contributed by atoms with E-state index in [-0.39, 0.29) is 43.8 Å². The molecule has 1 N–H and O–H groups in total. The molecule has 3 rings (SSSR count). The van der Waals surface area contributed by atoms with E-state index in [2.05, 4.69) is 5.32 Å². The van der Waals surface area contributed by atoms with Gasteiger partial charge in [0.1, 0.15) is 6.04 Å². The van der Waals surface area contributed by atoms with Gasteiger partial charge in [-0.2, -0.15) is 0 Å². The SMILES string of the molecule is CC[C@@H](C)NC(=O)[C@@H](Cc1ccccc1)N(Cc1ccc(Cl)c(Cl)c1)C(=O)CCCN(c1cc(Cl)ccc1C)S(C)(=O)=O. The molecular weight excluding hydrogens is 629 g/mol. The van der Waals surface area contributed by atoms with Crippen molar-refractivity contribution in [1.82, 2.24) is 10.2 Å². The monoisotopic (exact) mass is 665 g/mol. The summed E-state index contributed by atoms with van der Waals surface area (Å²) in [7, 11) is -3.66. The maximum atomic E-state index is 14.0. The minimum Gasteiger partial charge on any atom is -0.352 e. The fourth-order valence-corrected chi connectivity index (χ4v) is 6.17. The van der Waals surface area contributed by atoms with E-state index < -0.39 is 16.1 Å². The second kappa shape index (κ2) is 15.8. The second-order valence-corrected chi connectivity index (χ2v) is 13.8. The zero-order valence-corrected chi connectivity index (χ0v) is 27.9. The Morgan fingerprint density at radius 2 is 1.63 bits per heavy atom. The molecule has 0 aromatic heterocycles. The van der Waals surface area contributed by atoms with Crippen molar-refractivity contribution >= 4 is 62.3 Å². The smallest absolute Gasteiger partial charge is 0.243 e. The number of halogens is 3. The number of carbonyl (C=O) groups is 2. The number of nitrogens with zero attached hydrogens (tertiary/aromatic N) is 2. The molecule has 7 nitrogen and oxygen atoms in total. The summed E-state index contributed by atoms with van der Waals surface area (Å²) < 4.78 is 26.8. The van der Waals surface area contributed by atoms with Crippen molar-refractivity contribution in [3.8, 4) is 0 Å². The lowest BCUT2D eigenvalue weighted by atomic mass is 10.0. The lowest BCUT2D eigenvalue weighted by Gasteiger charge is -2.33. The Morgan fingerprint density at radius 1 is 0.930 bits per heavy atom. The van der Waals surface area contributed by atoms with Gasteiger partial charge in [-0.1, -0.05) is 84.2 Å². The highest BCUT2D eigenvalue weighted by Crippen LogP contribution is 2.28. The molecule has 232 valence electrons. The molecule has 0 saturated heterocycles. The minimum atomic E-state index is -3.66. The molecule has 0 saturated carbocycles. The van der Waals surface area contributed by atoms with Gasteiger partial charge in [0, 0.05) is 37.0 Å². The van der Waals surface area contributed by atoms with Crippen LogP contribution in [0.1, 0.15) is 49.8 Å². The number of amides is 2. The summed E-state index contributed by atoms with van der Waals surface area (Å²) in [6.45, 7) is 5.88. The van der Waals surface area contributed by atoms with Crippen LogP contribution in [-0.4, -0.2) is 50.0 Å². The largest absolute Gasteiger partial charge is 0.352 e. The molecule has 0 heterocycles. The molecular formula is C32H38Cl3N3O4S. The first kappa shape index (κ1) is 34.7. The summed E-state index contributed by atoms with van der Waals surface area (Å²) in [5.41, 5.74) is 2.82. The van der Waals surface area contributed by atoms with Crippen LogP contribution >= 0.6 is 34.8 Å². The summed E-state index contributed by atoms with van der Waals surface area (Å²) in [5, 5.41) is 4.18. The number of rotatable bonds is 14.